The van der Waals surface area contributed by atoms with E-state index in [-0.39, 0.29) is 5.75 Å². The fraction of sp³-hybridized carbons (Fsp3) is 0.423. The minimum absolute atomic E-state index is 0.125. The Morgan fingerprint density at radius 2 is 2.06 bits per heavy atom. The summed E-state index contributed by atoms with van der Waals surface area (Å²) >= 11 is 0. The first-order chi connectivity index (χ1) is 16.2. The summed E-state index contributed by atoms with van der Waals surface area (Å²) in [6, 6.07) is 10.8. The van der Waals surface area contributed by atoms with E-state index in [0.29, 0.717) is 37.6 Å². The Hall–Kier alpha value is -2.94. The molecule has 8 heteroatoms. The maximum Gasteiger partial charge on any atom is 0.409 e. The van der Waals surface area contributed by atoms with Gasteiger partial charge in [0.25, 0.3) is 0 Å². The number of nitrogens with one attached hydrogen (secondary N) is 2. The lowest BCUT2D eigenvalue weighted by Gasteiger charge is -2.45. The molecule has 1 amide bonds. The Kier molecular flexibility index (Phi) is 5.83. The number of rotatable bonds is 2. The Labute approximate surface area is 198 Å². The molecule has 2 N–H and O–H groups in total. The standard InChI is InChI=1S/C26H29FN2O5/c1-25(2,3)34-24(30)29-22-13-28-15-26(33-22)18-8-4-5-9-21(18)32-23-19(26)11-17(12-20(23)27)16-7-6-10-31-14-16/h4-5,7-9,11-12,22,28H,6,10,13-15H2,1-3H3,(H,29,30)/t22-,26?/m0/s1. The third kappa shape index (κ3) is 4.29. The van der Waals surface area contributed by atoms with Crippen molar-refractivity contribution < 1.29 is 28.1 Å². The zero-order valence-electron chi connectivity index (χ0n) is 19.6. The number of carbonyl (C=O) groups excluding carboxylic acids is 1. The summed E-state index contributed by atoms with van der Waals surface area (Å²) in [5.74, 6) is 0.166. The van der Waals surface area contributed by atoms with E-state index in [1.807, 2.05) is 24.3 Å². The monoisotopic (exact) mass is 468 g/mol. The first-order valence-corrected chi connectivity index (χ1v) is 11.5. The van der Waals surface area contributed by atoms with Crippen molar-refractivity contribution in [3.8, 4) is 11.5 Å². The zero-order valence-corrected chi connectivity index (χ0v) is 19.6. The first kappa shape index (κ1) is 22.8. The summed E-state index contributed by atoms with van der Waals surface area (Å²) < 4.78 is 39.0. The highest BCUT2D eigenvalue weighted by Crippen LogP contribution is 2.51. The van der Waals surface area contributed by atoms with E-state index in [0.717, 1.165) is 23.1 Å². The lowest BCUT2D eigenvalue weighted by molar-refractivity contribution is -0.112. The summed E-state index contributed by atoms with van der Waals surface area (Å²) in [6.45, 7) is 7.23. The van der Waals surface area contributed by atoms with E-state index >= 15 is 4.39 Å². The molecule has 0 aromatic heterocycles. The Morgan fingerprint density at radius 1 is 1.24 bits per heavy atom. The van der Waals surface area contributed by atoms with Gasteiger partial charge in [-0.1, -0.05) is 24.3 Å². The summed E-state index contributed by atoms with van der Waals surface area (Å²) in [6.07, 6.45) is 1.56. The minimum Gasteiger partial charge on any atom is -0.453 e. The lowest BCUT2D eigenvalue weighted by atomic mass is 9.80. The molecule has 3 aliphatic heterocycles. The minimum atomic E-state index is -1.07. The van der Waals surface area contributed by atoms with Crippen molar-refractivity contribution in [2.45, 2.75) is 44.6 Å². The number of morpholine rings is 1. The molecule has 2 atom stereocenters. The predicted molar refractivity (Wildman–Crippen MR) is 124 cm³/mol. The van der Waals surface area contributed by atoms with Crippen LogP contribution in [0.5, 0.6) is 11.5 Å². The van der Waals surface area contributed by atoms with Gasteiger partial charge in [0.2, 0.25) is 0 Å². The van der Waals surface area contributed by atoms with E-state index in [1.54, 1.807) is 26.8 Å². The molecule has 1 spiro atoms. The summed E-state index contributed by atoms with van der Waals surface area (Å²) in [4.78, 5) is 12.5. The maximum atomic E-state index is 15.5. The first-order valence-electron chi connectivity index (χ1n) is 11.5. The van der Waals surface area contributed by atoms with Crippen molar-refractivity contribution in [3.05, 3.63) is 65.0 Å². The smallest absolute Gasteiger partial charge is 0.409 e. The summed E-state index contributed by atoms with van der Waals surface area (Å²) in [7, 11) is 0. The van der Waals surface area contributed by atoms with Crippen LogP contribution in [0.3, 0.4) is 0 Å². The topological polar surface area (TPSA) is 78.1 Å². The molecule has 3 heterocycles. The number of benzene rings is 2. The average molecular weight is 469 g/mol. The second kappa shape index (κ2) is 8.69. The van der Waals surface area contributed by atoms with Crippen LogP contribution in [0.4, 0.5) is 9.18 Å². The largest absolute Gasteiger partial charge is 0.453 e. The van der Waals surface area contributed by atoms with Gasteiger partial charge < -0.3 is 24.3 Å². The number of ether oxygens (including phenoxy) is 4. The van der Waals surface area contributed by atoms with Gasteiger partial charge in [0.15, 0.2) is 11.6 Å². The van der Waals surface area contributed by atoms with Crippen LogP contribution in [-0.2, 0) is 19.8 Å². The molecule has 1 unspecified atom stereocenters. The van der Waals surface area contributed by atoms with Gasteiger partial charge in [0.1, 0.15) is 23.2 Å². The van der Waals surface area contributed by atoms with E-state index in [2.05, 4.69) is 16.7 Å². The number of hydrogen-bond acceptors (Lipinski definition) is 6. The van der Waals surface area contributed by atoms with Crippen LogP contribution in [0.2, 0.25) is 0 Å². The normalized spacial score (nSPS) is 23.9. The molecule has 0 radical (unpaired) electrons. The van der Waals surface area contributed by atoms with Gasteiger partial charge in [-0.25, -0.2) is 9.18 Å². The predicted octanol–water partition coefficient (Wildman–Crippen LogP) is 4.45. The second-order valence-electron chi connectivity index (χ2n) is 9.71. The molecule has 1 saturated heterocycles. The van der Waals surface area contributed by atoms with Crippen LogP contribution in [-0.4, -0.2) is 44.2 Å². The number of carbonyl (C=O) groups is 1. The Balaban J connectivity index is 1.57. The molecule has 0 saturated carbocycles. The van der Waals surface area contributed by atoms with Gasteiger partial charge in [-0.05, 0) is 56.5 Å². The molecule has 0 aliphatic carbocycles. The van der Waals surface area contributed by atoms with Gasteiger partial charge in [-0.2, -0.15) is 0 Å². The molecule has 2 aromatic rings. The number of para-hydroxylation sites is 1. The molecule has 5 rings (SSSR count). The summed E-state index contributed by atoms with van der Waals surface area (Å²) in [5.41, 5.74) is 1.26. The van der Waals surface area contributed by atoms with E-state index in [4.69, 9.17) is 18.9 Å². The number of alkyl carbamates (subject to hydrolysis) is 1. The van der Waals surface area contributed by atoms with Gasteiger partial charge in [-0.15, -0.1) is 0 Å². The number of amides is 1. The van der Waals surface area contributed by atoms with Crippen LogP contribution in [0.1, 0.15) is 43.9 Å². The highest BCUT2D eigenvalue weighted by atomic mass is 19.1. The van der Waals surface area contributed by atoms with Crippen molar-refractivity contribution in [1.29, 1.82) is 0 Å². The fourth-order valence-corrected chi connectivity index (χ4v) is 4.63. The van der Waals surface area contributed by atoms with E-state index in [9.17, 15) is 4.79 Å². The van der Waals surface area contributed by atoms with Gasteiger partial charge in [-0.3, -0.25) is 5.32 Å². The van der Waals surface area contributed by atoms with Gasteiger partial charge >= 0.3 is 6.09 Å². The highest BCUT2D eigenvalue weighted by Gasteiger charge is 2.48. The number of hydrogen-bond donors (Lipinski definition) is 2. The van der Waals surface area contributed by atoms with Gasteiger partial charge in [0, 0.05) is 24.2 Å². The summed E-state index contributed by atoms with van der Waals surface area (Å²) in [5, 5.41) is 6.14. The van der Waals surface area contributed by atoms with Gasteiger partial charge in [0.05, 0.1) is 13.2 Å². The third-order valence-electron chi connectivity index (χ3n) is 6.02. The van der Waals surface area contributed by atoms with E-state index < -0.39 is 29.3 Å². The Bertz CT molecular complexity index is 1140. The number of halogens is 1. The molecular weight excluding hydrogens is 439 g/mol. The number of fused-ring (bicyclic) bond motifs is 4. The van der Waals surface area contributed by atoms with Crippen LogP contribution < -0.4 is 15.4 Å². The molecule has 0 bridgehead atoms. The SMILES string of the molecule is CC(C)(C)OC(=O)N[C@@H]1CNCC2(O1)c1ccccc1Oc1c(F)cc(C3=CCCOC3)cc12. The maximum absolute atomic E-state index is 15.5. The van der Waals surface area contributed by atoms with Crippen molar-refractivity contribution >= 4 is 11.7 Å². The molecule has 7 nitrogen and oxygen atoms in total. The molecular formula is C26H29FN2O5. The zero-order chi connectivity index (χ0) is 23.9. The van der Waals surface area contributed by atoms with Crippen molar-refractivity contribution in [2.75, 3.05) is 26.3 Å². The average Bonchev–Trinajstić information content (AvgIpc) is 2.79. The molecule has 3 aliphatic rings. The second-order valence-corrected chi connectivity index (χ2v) is 9.71. The molecule has 2 aromatic carbocycles. The molecule has 34 heavy (non-hydrogen) atoms. The van der Waals surface area contributed by atoms with E-state index in [1.165, 1.54) is 6.07 Å². The van der Waals surface area contributed by atoms with Crippen molar-refractivity contribution in [1.82, 2.24) is 10.6 Å². The molecule has 180 valence electrons. The lowest BCUT2D eigenvalue weighted by Crippen LogP contribution is -2.59. The highest BCUT2D eigenvalue weighted by molar-refractivity contribution is 5.71. The fourth-order valence-electron chi connectivity index (χ4n) is 4.63. The van der Waals surface area contributed by atoms with Crippen molar-refractivity contribution in [2.24, 2.45) is 0 Å². The van der Waals surface area contributed by atoms with Crippen LogP contribution >= 0.6 is 0 Å². The van der Waals surface area contributed by atoms with Crippen molar-refractivity contribution in [3.63, 3.8) is 0 Å². The van der Waals surface area contributed by atoms with Crippen LogP contribution in [0.15, 0.2) is 42.5 Å². The Morgan fingerprint density at radius 3 is 2.82 bits per heavy atom. The quantitative estimate of drug-likeness (QED) is 0.678. The molecule has 1 fully saturated rings. The van der Waals surface area contributed by atoms with Crippen LogP contribution in [0, 0.1) is 5.82 Å². The van der Waals surface area contributed by atoms with Crippen LogP contribution in [0.25, 0.3) is 5.57 Å². The third-order valence-corrected chi connectivity index (χ3v) is 6.02.